The number of hydrogen-bond donors (Lipinski definition) is 0. The molecule has 0 aromatic heterocycles. The van der Waals surface area contributed by atoms with Gasteiger partial charge < -0.3 is 13.9 Å². The molecule has 2 aliphatic rings. The van der Waals surface area contributed by atoms with E-state index in [-0.39, 0.29) is 16.7 Å². The molecule has 2 atom stereocenters. The first-order valence-corrected chi connectivity index (χ1v) is 10.6. The van der Waals surface area contributed by atoms with Crippen molar-refractivity contribution in [3.05, 3.63) is 0 Å². The molecule has 0 saturated carbocycles. The van der Waals surface area contributed by atoms with E-state index in [0.717, 1.165) is 38.9 Å². The third kappa shape index (κ3) is 3.23. The molecule has 3 nitrogen and oxygen atoms in total. The molecule has 2 aliphatic heterocycles. The van der Waals surface area contributed by atoms with Crippen molar-refractivity contribution in [2.75, 3.05) is 19.8 Å². The van der Waals surface area contributed by atoms with Crippen molar-refractivity contribution >= 4 is 8.32 Å². The quantitative estimate of drug-likeness (QED) is 0.737. The smallest absolute Gasteiger partial charge is 0.192 e. The maximum Gasteiger partial charge on any atom is 0.192 e. The summed E-state index contributed by atoms with van der Waals surface area (Å²) in [6, 6.07) is 0. The molecule has 2 fully saturated rings. The minimum atomic E-state index is -1.71. The SMILES string of the molecule is CC(C)(C)[Si](C)(C)OC[C@]1([C@H]2CCCO2)CCCO1. The zero-order valence-corrected chi connectivity index (χ0v) is 14.3. The van der Waals surface area contributed by atoms with Crippen molar-refractivity contribution in [2.24, 2.45) is 0 Å². The van der Waals surface area contributed by atoms with Gasteiger partial charge in [0.2, 0.25) is 0 Å². The third-order valence-electron chi connectivity index (χ3n) is 5.13. The van der Waals surface area contributed by atoms with E-state index in [2.05, 4.69) is 33.9 Å². The zero-order chi connectivity index (χ0) is 14.1. The second-order valence-corrected chi connectivity index (χ2v) is 12.4. The highest BCUT2D eigenvalue weighted by Crippen LogP contribution is 2.40. The first-order chi connectivity index (χ1) is 8.77. The van der Waals surface area contributed by atoms with Crippen molar-refractivity contribution in [1.82, 2.24) is 0 Å². The van der Waals surface area contributed by atoms with E-state index in [1.807, 2.05) is 0 Å². The average Bonchev–Trinajstić information content (AvgIpc) is 2.97. The summed E-state index contributed by atoms with van der Waals surface area (Å²) < 4.78 is 18.4. The van der Waals surface area contributed by atoms with E-state index in [1.165, 1.54) is 0 Å². The number of rotatable bonds is 4. The van der Waals surface area contributed by atoms with Crippen LogP contribution >= 0.6 is 0 Å². The Hall–Kier alpha value is 0.0969. The standard InChI is InChI=1S/C15H30O3Si/c1-14(2,3)19(4,5)18-12-15(9-7-11-17-15)13-8-6-10-16-13/h13H,6-12H2,1-5H3/t13-,15+/m1/s1. The Labute approximate surface area is 119 Å². The number of hydrogen-bond acceptors (Lipinski definition) is 3. The Kier molecular flexibility index (Phi) is 4.46. The largest absolute Gasteiger partial charge is 0.414 e. The van der Waals surface area contributed by atoms with Crippen LogP contribution in [-0.2, 0) is 13.9 Å². The summed E-state index contributed by atoms with van der Waals surface area (Å²) in [5, 5.41) is 0.253. The lowest BCUT2D eigenvalue weighted by atomic mass is 9.92. The average molecular weight is 286 g/mol. The van der Waals surface area contributed by atoms with Gasteiger partial charge in [0.05, 0.1) is 12.7 Å². The maximum atomic E-state index is 6.43. The summed E-state index contributed by atoms with van der Waals surface area (Å²) in [4.78, 5) is 0. The fourth-order valence-electron chi connectivity index (χ4n) is 2.69. The molecule has 2 rings (SSSR count). The predicted octanol–water partition coefficient (Wildman–Crippen LogP) is 3.74. The third-order valence-corrected chi connectivity index (χ3v) is 9.61. The first kappa shape index (κ1) is 15.5. The molecule has 0 aromatic carbocycles. The van der Waals surface area contributed by atoms with Gasteiger partial charge in [0.25, 0.3) is 0 Å². The Morgan fingerprint density at radius 1 is 1.21 bits per heavy atom. The lowest BCUT2D eigenvalue weighted by Crippen LogP contribution is -2.51. The Balaban J connectivity index is 2.02. The summed E-state index contributed by atoms with van der Waals surface area (Å²) in [6.07, 6.45) is 4.77. The molecule has 0 radical (unpaired) electrons. The van der Waals surface area contributed by atoms with E-state index in [4.69, 9.17) is 13.9 Å². The summed E-state index contributed by atoms with van der Waals surface area (Å²) in [7, 11) is -1.71. The molecule has 0 aromatic rings. The van der Waals surface area contributed by atoms with Crippen LogP contribution in [0, 0.1) is 0 Å². The van der Waals surface area contributed by atoms with Crippen LogP contribution in [0.5, 0.6) is 0 Å². The van der Waals surface area contributed by atoms with Crippen LogP contribution in [0.1, 0.15) is 46.5 Å². The van der Waals surface area contributed by atoms with Crippen LogP contribution in [0.4, 0.5) is 0 Å². The number of ether oxygens (including phenoxy) is 2. The van der Waals surface area contributed by atoms with E-state index in [9.17, 15) is 0 Å². The summed E-state index contributed by atoms with van der Waals surface area (Å²) in [5.41, 5.74) is -0.161. The van der Waals surface area contributed by atoms with Gasteiger partial charge in [0.1, 0.15) is 5.60 Å². The summed E-state index contributed by atoms with van der Waals surface area (Å²) in [5.74, 6) is 0. The summed E-state index contributed by atoms with van der Waals surface area (Å²) in [6.45, 7) is 13.9. The lowest BCUT2D eigenvalue weighted by molar-refractivity contribution is -0.120. The Bertz CT molecular complexity index is 297. The van der Waals surface area contributed by atoms with Gasteiger partial charge in [-0.3, -0.25) is 0 Å². The van der Waals surface area contributed by atoms with Crippen molar-refractivity contribution < 1.29 is 13.9 Å². The molecule has 0 N–H and O–H groups in total. The van der Waals surface area contributed by atoms with Gasteiger partial charge in [-0.05, 0) is 43.8 Å². The molecule has 0 amide bonds. The van der Waals surface area contributed by atoms with Gasteiger partial charge in [-0.25, -0.2) is 0 Å². The van der Waals surface area contributed by atoms with Gasteiger partial charge in [0, 0.05) is 13.2 Å². The molecule has 0 spiro atoms. The fourth-order valence-corrected chi connectivity index (χ4v) is 3.73. The van der Waals surface area contributed by atoms with Gasteiger partial charge in [0.15, 0.2) is 8.32 Å². The molecular formula is C15H30O3Si. The fraction of sp³-hybridized carbons (Fsp3) is 1.00. The minimum Gasteiger partial charge on any atom is -0.414 e. The van der Waals surface area contributed by atoms with Gasteiger partial charge in [-0.1, -0.05) is 20.8 Å². The van der Waals surface area contributed by atoms with Crippen molar-refractivity contribution in [1.29, 1.82) is 0 Å². The van der Waals surface area contributed by atoms with Crippen LogP contribution in [0.15, 0.2) is 0 Å². The Morgan fingerprint density at radius 3 is 2.42 bits per heavy atom. The molecule has 2 saturated heterocycles. The van der Waals surface area contributed by atoms with Crippen LogP contribution in [0.25, 0.3) is 0 Å². The highest BCUT2D eigenvalue weighted by atomic mass is 28.4. The summed E-state index contributed by atoms with van der Waals surface area (Å²) >= 11 is 0. The van der Waals surface area contributed by atoms with Gasteiger partial charge in [-0.15, -0.1) is 0 Å². The molecular weight excluding hydrogens is 256 g/mol. The van der Waals surface area contributed by atoms with Gasteiger partial charge in [-0.2, -0.15) is 0 Å². The molecule has 19 heavy (non-hydrogen) atoms. The molecule has 0 aliphatic carbocycles. The molecule has 112 valence electrons. The van der Waals surface area contributed by atoms with Gasteiger partial charge >= 0.3 is 0 Å². The monoisotopic (exact) mass is 286 g/mol. The Morgan fingerprint density at radius 2 is 1.95 bits per heavy atom. The highest BCUT2D eigenvalue weighted by Gasteiger charge is 2.47. The van der Waals surface area contributed by atoms with E-state index in [1.54, 1.807) is 0 Å². The zero-order valence-electron chi connectivity index (χ0n) is 13.3. The van der Waals surface area contributed by atoms with E-state index >= 15 is 0 Å². The normalized spacial score (nSPS) is 33.0. The van der Waals surface area contributed by atoms with Crippen molar-refractivity contribution in [3.8, 4) is 0 Å². The van der Waals surface area contributed by atoms with Crippen molar-refractivity contribution in [2.45, 2.75) is 76.3 Å². The van der Waals surface area contributed by atoms with Crippen LogP contribution < -0.4 is 0 Å². The second-order valence-electron chi connectivity index (χ2n) is 7.57. The second kappa shape index (κ2) is 5.47. The van der Waals surface area contributed by atoms with E-state index in [0.29, 0.717) is 6.61 Å². The van der Waals surface area contributed by atoms with Crippen LogP contribution in [-0.4, -0.2) is 39.8 Å². The molecule has 2 heterocycles. The first-order valence-electron chi connectivity index (χ1n) is 7.66. The van der Waals surface area contributed by atoms with Crippen LogP contribution in [0.3, 0.4) is 0 Å². The molecule has 0 bridgehead atoms. The topological polar surface area (TPSA) is 27.7 Å². The molecule has 0 unspecified atom stereocenters. The lowest BCUT2D eigenvalue weighted by Gasteiger charge is -2.41. The molecule has 4 heteroatoms. The van der Waals surface area contributed by atoms with Crippen molar-refractivity contribution in [3.63, 3.8) is 0 Å². The van der Waals surface area contributed by atoms with Crippen LogP contribution in [0.2, 0.25) is 18.1 Å². The van der Waals surface area contributed by atoms with E-state index < -0.39 is 8.32 Å². The highest BCUT2D eigenvalue weighted by molar-refractivity contribution is 6.74. The predicted molar refractivity (Wildman–Crippen MR) is 80.0 cm³/mol. The maximum absolute atomic E-state index is 6.43. The minimum absolute atomic E-state index is 0.161.